The lowest BCUT2D eigenvalue weighted by atomic mass is 10.0. The van der Waals surface area contributed by atoms with Crippen LogP contribution in [0, 0.1) is 0 Å². The van der Waals surface area contributed by atoms with Gasteiger partial charge in [0.25, 0.3) is 5.56 Å². The highest BCUT2D eigenvalue weighted by atomic mass is 16.5. The van der Waals surface area contributed by atoms with E-state index < -0.39 is 0 Å². The number of hydrogen-bond donors (Lipinski definition) is 1. The Morgan fingerprint density at radius 3 is 3.00 bits per heavy atom. The van der Waals surface area contributed by atoms with Gasteiger partial charge in [0.05, 0.1) is 5.69 Å². The highest BCUT2D eigenvalue weighted by Gasteiger charge is 2.25. The zero-order chi connectivity index (χ0) is 13.4. The van der Waals surface area contributed by atoms with Gasteiger partial charge >= 0.3 is 0 Å². The molecule has 3 rings (SSSR count). The van der Waals surface area contributed by atoms with Crippen LogP contribution in [0.2, 0.25) is 0 Å². The predicted molar refractivity (Wildman–Crippen MR) is 72.1 cm³/mol. The fourth-order valence-corrected chi connectivity index (χ4v) is 2.32. The highest BCUT2D eigenvalue weighted by molar-refractivity contribution is 5.69. The summed E-state index contributed by atoms with van der Waals surface area (Å²) >= 11 is 0. The number of nitrogens with two attached hydrogens (primary N) is 1. The monoisotopic (exact) mass is 257 g/mol. The normalized spacial score (nSPS) is 17.1. The number of rotatable bonds is 2. The zero-order valence-corrected chi connectivity index (χ0v) is 10.7. The van der Waals surface area contributed by atoms with Gasteiger partial charge in [0, 0.05) is 31.6 Å². The fraction of sp³-hybridized carbons (Fsp3) is 0.286. The van der Waals surface area contributed by atoms with Crippen molar-refractivity contribution in [1.82, 2.24) is 9.78 Å². The van der Waals surface area contributed by atoms with E-state index >= 15 is 0 Å². The molecular weight excluding hydrogens is 242 g/mol. The molecule has 1 aromatic carbocycles. The van der Waals surface area contributed by atoms with E-state index in [1.165, 1.54) is 10.7 Å². The summed E-state index contributed by atoms with van der Waals surface area (Å²) in [6, 6.07) is 9.19. The quantitative estimate of drug-likeness (QED) is 0.860. The minimum absolute atomic E-state index is 0.0312. The Balaban J connectivity index is 2.10. The molecular formula is C14H15N3O2. The predicted octanol–water partition coefficient (Wildman–Crippen LogP) is 0.710. The van der Waals surface area contributed by atoms with Crippen molar-refractivity contribution in [3.63, 3.8) is 0 Å². The van der Waals surface area contributed by atoms with Crippen molar-refractivity contribution in [2.45, 2.75) is 12.5 Å². The maximum atomic E-state index is 11.4. The Morgan fingerprint density at radius 2 is 2.26 bits per heavy atom. The van der Waals surface area contributed by atoms with E-state index in [-0.39, 0.29) is 11.7 Å². The lowest BCUT2D eigenvalue weighted by Gasteiger charge is -2.10. The molecule has 0 fully saturated rings. The van der Waals surface area contributed by atoms with Gasteiger partial charge in [0.15, 0.2) is 0 Å². The average molecular weight is 257 g/mol. The molecule has 1 aliphatic heterocycles. The molecule has 2 aromatic rings. The second-order valence-corrected chi connectivity index (χ2v) is 4.65. The first-order chi connectivity index (χ1) is 9.19. The fourth-order valence-electron chi connectivity index (χ4n) is 2.32. The molecule has 0 saturated carbocycles. The van der Waals surface area contributed by atoms with Gasteiger partial charge in [-0.15, -0.1) is 0 Å². The smallest absolute Gasteiger partial charge is 0.266 e. The number of ether oxygens (including phenoxy) is 1. The van der Waals surface area contributed by atoms with E-state index in [0.717, 1.165) is 29.0 Å². The third-order valence-electron chi connectivity index (χ3n) is 3.33. The molecule has 2 N–H and O–H groups in total. The second-order valence-electron chi connectivity index (χ2n) is 4.65. The Morgan fingerprint density at radius 1 is 1.42 bits per heavy atom. The lowest BCUT2D eigenvalue weighted by Crippen LogP contribution is -2.24. The largest absolute Gasteiger partial charge is 0.488 e. The molecule has 0 aliphatic carbocycles. The van der Waals surface area contributed by atoms with Crippen molar-refractivity contribution >= 4 is 0 Å². The van der Waals surface area contributed by atoms with Crippen molar-refractivity contribution in [3.8, 4) is 17.0 Å². The van der Waals surface area contributed by atoms with Crippen LogP contribution in [0.4, 0.5) is 0 Å². The summed E-state index contributed by atoms with van der Waals surface area (Å²) in [5.41, 5.74) is 8.31. The molecule has 1 aromatic heterocycles. The van der Waals surface area contributed by atoms with Crippen molar-refractivity contribution in [3.05, 3.63) is 46.2 Å². The Kier molecular flexibility index (Phi) is 2.83. The van der Waals surface area contributed by atoms with Gasteiger partial charge in [0.2, 0.25) is 0 Å². The van der Waals surface area contributed by atoms with Crippen LogP contribution in [-0.2, 0) is 13.5 Å². The van der Waals surface area contributed by atoms with E-state index in [1.54, 1.807) is 13.1 Å². The number of hydrogen-bond acceptors (Lipinski definition) is 4. The first-order valence-corrected chi connectivity index (χ1v) is 6.22. The number of benzene rings is 1. The molecule has 2 heterocycles. The average Bonchev–Trinajstić information content (AvgIpc) is 2.85. The summed E-state index contributed by atoms with van der Waals surface area (Å²) in [4.78, 5) is 11.4. The minimum atomic E-state index is -0.128. The van der Waals surface area contributed by atoms with Crippen molar-refractivity contribution in [2.75, 3.05) is 6.54 Å². The summed E-state index contributed by atoms with van der Waals surface area (Å²) < 4.78 is 7.18. The molecule has 1 atom stereocenters. The Hall–Kier alpha value is -2.14. The van der Waals surface area contributed by atoms with E-state index in [0.29, 0.717) is 6.54 Å². The second kappa shape index (κ2) is 4.51. The molecule has 0 radical (unpaired) electrons. The number of aryl methyl sites for hydroxylation is 1. The molecule has 0 spiro atoms. The Labute approximate surface area is 110 Å². The first kappa shape index (κ1) is 11.9. The van der Waals surface area contributed by atoms with Crippen LogP contribution in [0.15, 0.2) is 35.1 Å². The number of para-hydroxylation sites is 1. The van der Waals surface area contributed by atoms with Crippen LogP contribution in [0.25, 0.3) is 11.3 Å². The summed E-state index contributed by atoms with van der Waals surface area (Å²) in [5, 5.41) is 4.26. The molecule has 1 aliphatic rings. The maximum absolute atomic E-state index is 11.4. The molecule has 5 nitrogen and oxygen atoms in total. The molecule has 98 valence electrons. The van der Waals surface area contributed by atoms with E-state index in [4.69, 9.17) is 10.5 Å². The van der Waals surface area contributed by atoms with E-state index in [9.17, 15) is 4.79 Å². The summed E-state index contributed by atoms with van der Waals surface area (Å²) in [7, 11) is 1.64. The van der Waals surface area contributed by atoms with Crippen molar-refractivity contribution in [1.29, 1.82) is 0 Å². The maximum Gasteiger partial charge on any atom is 0.266 e. The van der Waals surface area contributed by atoms with Crippen LogP contribution in [0.1, 0.15) is 5.56 Å². The lowest BCUT2D eigenvalue weighted by molar-refractivity contribution is 0.242. The van der Waals surface area contributed by atoms with Gasteiger partial charge in [-0.25, -0.2) is 4.68 Å². The van der Waals surface area contributed by atoms with Crippen LogP contribution in [0.3, 0.4) is 0 Å². The molecule has 0 saturated heterocycles. The van der Waals surface area contributed by atoms with Gasteiger partial charge in [0.1, 0.15) is 11.9 Å². The molecule has 0 unspecified atom stereocenters. The summed E-state index contributed by atoms with van der Waals surface area (Å²) in [5.74, 6) is 0.837. The third kappa shape index (κ3) is 2.02. The van der Waals surface area contributed by atoms with Gasteiger partial charge in [-0.1, -0.05) is 12.1 Å². The van der Waals surface area contributed by atoms with Gasteiger partial charge in [-0.3, -0.25) is 4.79 Å². The molecule has 19 heavy (non-hydrogen) atoms. The van der Waals surface area contributed by atoms with Crippen molar-refractivity contribution in [2.24, 2.45) is 12.8 Å². The SMILES string of the molecule is Cn1nc(-c2cccc3c2O[C@H](CN)C3)ccc1=O. The van der Waals surface area contributed by atoms with Crippen molar-refractivity contribution < 1.29 is 4.74 Å². The highest BCUT2D eigenvalue weighted by Crippen LogP contribution is 2.37. The van der Waals surface area contributed by atoms with E-state index in [2.05, 4.69) is 5.10 Å². The standard InChI is InChI=1S/C14H15N3O2/c1-17-13(18)6-5-12(16-17)11-4-2-3-9-7-10(8-15)19-14(9)11/h2-6,10H,7-8,15H2,1H3/t10-/m0/s1. The molecule has 5 heteroatoms. The molecule has 0 bridgehead atoms. The first-order valence-electron chi connectivity index (χ1n) is 6.22. The Bertz CT molecular complexity index is 679. The minimum Gasteiger partial charge on any atom is -0.488 e. The zero-order valence-electron chi connectivity index (χ0n) is 10.7. The molecule has 0 amide bonds. The number of nitrogens with zero attached hydrogens (tertiary/aromatic N) is 2. The van der Waals surface area contributed by atoms with Gasteiger partial charge in [-0.2, -0.15) is 5.10 Å². The van der Waals surface area contributed by atoms with Crippen LogP contribution in [0.5, 0.6) is 5.75 Å². The number of aromatic nitrogens is 2. The third-order valence-corrected chi connectivity index (χ3v) is 3.33. The van der Waals surface area contributed by atoms with Crippen LogP contribution >= 0.6 is 0 Å². The van der Waals surface area contributed by atoms with Gasteiger partial charge < -0.3 is 10.5 Å². The summed E-state index contributed by atoms with van der Waals surface area (Å²) in [6.07, 6.45) is 0.856. The summed E-state index contributed by atoms with van der Waals surface area (Å²) in [6.45, 7) is 0.495. The van der Waals surface area contributed by atoms with Crippen LogP contribution < -0.4 is 16.0 Å². The van der Waals surface area contributed by atoms with Crippen LogP contribution in [-0.4, -0.2) is 22.4 Å². The number of fused-ring (bicyclic) bond motifs is 1. The van der Waals surface area contributed by atoms with Gasteiger partial charge in [-0.05, 0) is 17.7 Å². The topological polar surface area (TPSA) is 70.1 Å². The van der Waals surface area contributed by atoms with E-state index in [1.807, 2.05) is 18.2 Å².